The number of aromatic nitrogens is 1. The van der Waals surface area contributed by atoms with Crippen molar-refractivity contribution in [1.29, 1.82) is 0 Å². The van der Waals surface area contributed by atoms with Gasteiger partial charge in [-0.05, 0) is 63.0 Å². The molecule has 1 saturated heterocycles. The van der Waals surface area contributed by atoms with Crippen LogP contribution < -0.4 is 10.2 Å². The molecule has 4 nitrogen and oxygen atoms in total. The van der Waals surface area contributed by atoms with E-state index in [1.807, 2.05) is 6.20 Å². The Labute approximate surface area is 133 Å². The van der Waals surface area contributed by atoms with Crippen LogP contribution in [0.3, 0.4) is 0 Å². The van der Waals surface area contributed by atoms with Crippen LogP contribution in [0.5, 0.6) is 0 Å². The molecule has 0 radical (unpaired) electrons. The zero-order chi connectivity index (χ0) is 15.4. The molecule has 0 atom stereocenters. The highest BCUT2D eigenvalue weighted by Gasteiger charge is 2.14. The molecule has 1 N–H and O–H groups in total. The lowest BCUT2D eigenvalue weighted by molar-refractivity contribution is 0.425. The van der Waals surface area contributed by atoms with Crippen molar-refractivity contribution in [3.05, 3.63) is 30.5 Å². The van der Waals surface area contributed by atoms with Gasteiger partial charge in [0, 0.05) is 43.4 Å². The third kappa shape index (κ3) is 3.50. The minimum absolute atomic E-state index is 0.961. The number of likely N-dealkylation sites (N-methyl/N-ethyl adjacent to an activating group) is 1. The highest BCUT2D eigenvalue weighted by atomic mass is 15.2. The van der Waals surface area contributed by atoms with Crippen LogP contribution in [0.1, 0.15) is 19.3 Å². The maximum atomic E-state index is 4.64. The quantitative estimate of drug-likeness (QED) is 0.918. The SMILES string of the molecule is CN(C)CCNc1ccc2c(N3CCCCC3)nccc2c1. The number of hydrogen-bond donors (Lipinski definition) is 1. The van der Waals surface area contributed by atoms with Gasteiger partial charge in [0.15, 0.2) is 0 Å². The van der Waals surface area contributed by atoms with Crippen molar-refractivity contribution < 1.29 is 0 Å². The molecule has 22 heavy (non-hydrogen) atoms. The van der Waals surface area contributed by atoms with Crippen LogP contribution in [0.15, 0.2) is 30.5 Å². The van der Waals surface area contributed by atoms with Gasteiger partial charge in [-0.1, -0.05) is 0 Å². The Kier molecular flexibility index (Phi) is 4.78. The number of piperidine rings is 1. The minimum atomic E-state index is 0.961. The zero-order valence-electron chi connectivity index (χ0n) is 13.7. The summed E-state index contributed by atoms with van der Waals surface area (Å²) in [5.41, 5.74) is 1.19. The lowest BCUT2D eigenvalue weighted by Crippen LogP contribution is -2.30. The largest absolute Gasteiger partial charge is 0.384 e. The van der Waals surface area contributed by atoms with Crippen LogP contribution in [-0.2, 0) is 0 Å². The molecule has 0 spiro atoms. The summed E-state index contributed by atoms with van der Waals surface area (Å²) >= 11 is 0. The van der Waals surface area contributed by atoms with Gasteiger partial charge in [0.2, 0.25) is 0 Å². The number of anilines is 2. The molecule has 2 heterocycles. The van der Waals surface area contributed by atoms with Crippen LogP contribution >= 0.6 is 0 Å². The molecule has 0 unspecified atom stereocenters. The number of fused-ring (bicyclic) bond motifs is 1. The summed E-state index contributed by atoms with van der Waals surface area (Å²) in [6.07, 6.45) is 5.85. The van der Waals surface area contributed by atoms with E-state index in [4.69, 9.17) is 0 Å². The van der Waals surface area contributed by atoms with Gasteiger partial charge in [-0.3, -0.25) is 0 Å². The van der Waals surface area contributed by atoms with Crippen molar-refractivity contribution >= 4 is 22.3 Å². The molecule has 1 fully saturated rings. The number of nitrogens with one attached hydrogen (secondary N) is 1. The fourth-order valence-corrected chi connectivity index (χ4v) is 3.05. The second-order valence-corrected chi connectivity index (χ2v) is 6.35. The average molecular weight is 298 g/mol. The zero-order valence-corrected chi connectivity index (χ0v) is 13.7. The Bertz CT molecular complexity index is 618. The second-order valence-electron chi connectivity index (χ2n) is 6.35. The first-order valence-corrected chi connectivity index (χ1v) is 8.26. The summed E-state index contributed by atoms with van der Waals surface area (Å²) in [5, 5.41) is 6.03. The maximum absolute atomic E-state index is 4.64. The Morgan fingerprint density at radius 1 is 1.14 bits per heavy atom. The first kappa shape index (κ1) is 15.1. The fraction of sp³-hybridized carbons (Fsp3) is 0.500. The molecule has 1 aromatic heterocycles. The number of benzene rings is 1. The van der Waals surface area contributed by atoms with E-state index in [0.717, 1.165) is 32.0 Å². The molecule has 0 bridgehead atoms. The highest BCUT2D eigenvalue weighted by molar-refractivity contribution is 5.94. The van der Waals surface area contributed by atoms with Crippen LogP contribution in [0.4, 0.5) is 11.5 Å². The van der Waals surface area contributed by atoms with Gasteiger partial charge in [-0.25, -0.2) is 4.98 Å². The Morgan fingerprint density at radius 3 is 2.73 bits per heavy atom. The third-order valence-corrected chi connectivity index (χ3v) is 4.29. The normalized spacial score (nSPS) is 15.5. The molecule has 1 aliphatic heterocycles. The summed E-state index contributed by atoms with van der Waals surface area (Å²) in [4.78, 5) is 9.27. The third-order valence-electron chi connectivity index (χ3n) is 4.29. The summed E-state index contributed by atoms with van der Waals surface area (Å²) < 4.78 is 0. The van der Waals surface area contributed by atoms with Crippen LogP contribution in [0, 0.1) is 0 Å². The van der Waals surface area contributed by atoms with E-state index >= 15 is 0 Å². The molecule has 4 heteroatoms. The lowest BCUT2D eigenvalue weighted by atomic mass is 10.1. The smallest absolute Gasteiger partial charge is 0.136 e. The van der Waals surface area contributed by atoms with Gasteiger partial charge in [0.05, 0.1) is 0 Å². The van der Waals surface area contributed by atoms with E-state index in [1.165, 1.54) is 35.7 Å². The lowest BCUT2D eigenvalue weighted by Gasteiger charge is -2.28. The highest BCUT2D eigenvalue weighted by Crippen LogP contribution is 2.28. The van der Waals surface area contributed by atoms with Gasteiger partial charge < -0.3 is 15.1 Å². The van der Waals surface area contributed by atoms with Gasteiger partial charge in [0.25, 0.3) is 0 Å². The average Bonchev–Trinajstić information content (AvgIpc) is 2.54. The molecule has 3 rings (SSSR count). The predicted octanol–water partition coefficient (Wildman–Crippen LogP) is 3.20. The molecule has 0 aliphatic carbocycles. The fourth-order valence-electron chi connectivity index (χ4n) is 3.05. The predicted molar refractivity (Wildman–Crippen MR) is 94.9 cm³/mol. The number of rotatable bonds is 5. The van der Waals surface area contributed by atoms with Gasteiger partial charge >= 0.3 is 0 Å². The van der Waals surface area contributed by atoms with Crippen LogP contribution in [0.2, 0.25) is 0 Å². The van der Waals surface area contributed by atoms with E-state index in [2.05, 4.69) is 58.5 Å². The van der Waals surface area contributed by atoms with E-state index in [9.17, 15) is 0 Å². The van der Waals surface area contributed by atoms with Crippen molar-refractivity contribution in [2.45, 2.75) is 19.3 Å². The summed E-state index contributed by atoms with van der Waals surface area (Å²) in [5.74, 6) is 1.15. The monoisotopic (exact) mass is 298 g/mol. The number of hydrogen-bond acceptors (Lipinski definition) is 4. The van der Waals surface area contributed by atoms with Crippen LogP contribution in [0.25, 0.3) is 10.8 Å². The number of nitrogens with zero attached hydrogens (tertiary/aromatic N) is 3. The Balaban J connectivity index is 1.80. The van der Waals surface area contributed by atoms with Crippen molar-refractivity contribution in [3.8, 4) is 0 Å². The van der Waals surface area contributed by atoms with Gasteiger partial charge in [0.1, 0.15) is 5.82 Å². The Morgan fingerprint density at radius 2 is 1.95 bits per heavy atom. The molecule has 0 amide bonds. The molecule has 2 aromatic rings. The second kappa shape index (κ2) is 6.97. The van der Waals surface area contributed by atoms with Crippen LogP contribution in [-0.4, -0.2) is 50.2 Å². The standard InChI is InChI=1S/C18H26N4/c1-21(2)13-10-19-16-6-7-17-15(14-16)8-9-20-18(17)22-11-4-3-5-12-22/h6-9,14,19H,3-5,10-13H2,1-2H3. The van der Waals surface area contributed by atoms with Crippen molar-refractivity contribution in [3.63, 3.8) is 0 Å². The number of pyridine rings is 1. The van der Waals surface area contributed by atoms with Crippen molar-refractivity contribution in [2.75, 3.05) is 50.5 Å². The van der Waals surface area contributed by atoms with E-state index in [0.29, 0.717) is 0 Å². The van der Waals surface area contributed by atoms with Crippen molar-refractivity contribution in [1.82, 2.24) is 9.88 Å². The molecule has 1 aromatic carbocycles. The van der Waals surface area contributed by atoms with E-state index in [1.54, 1.807) is 0 Å². The molecular weight excluding hydrogens is 272 g/mol. The Hall–Kier alpha value is -1.81. The maximum Gasteiger partial charge on any atom is 0.136 e. The molecule has 118 valence electrons. The van der Waals surface area contributed by atoms with Gasteiger partial charge in [-0.15, -0.1) is 0 Å². The summed E-state index contributed by atoms with van der Waals surface area (Å²) in [6.45, 7) is 4.26. The summed E-state index contributed by atoms with van der Waals surface area (Å²) in [6, 6.07) is 8.73. The van der Waals surface area contributed by atoms with E-state index < -0.39 is 0 Å². The molecular formula is C18H26N4. The van der Waals surface area contributed by atoms with Gasteiger partial charge in [-0.2, -0.15) is 0 Å². The molecule has 0 saturated carbocycles. The first-order valence-electron chi connectivity index (χ1n) is 8.26. The van der Waals surface area contributed by atoms with E-state index in [-0.39, 0.29) is 0 Å². The molecule has 1 aliphatic rings. The summed E-state index contributed by atoms with van der Waals surface area (Å²) in [7, 11) is 4.19. The topological polar surface area (TPSA) is 31.4 Å². The van der Waals surface area contributed by atoms with Crippen molar-refractivity contribution in [2.24, 2.45) is 0 Å². The minimum Gasteiger partial charge on any atom is -0.384 e. The first-order chi connectivity index (χ1) is 10.7.